The summed E-state index contributed by atoms with van der Waals surface area (Å²) < 4.78 is 0. The summed E-state index contributed by atoms with van der Waals surface area (Å²) in [5.74, 6) is 0.271. The van der Waals surface area contributed by atoms with E-state index in [0.717, 1.165) is 11.4 Å². The van der Waals surface area contributed by atoms with Gasteiger partial charge in [0.1, 0.15) is 0 Å². The van der Waals surface area contributed by atoms with Crippen molar-refractivity contribution in [2.24, 2.45) is 21.9 Å². The van der Waals surface area contributed by atoms with Crippen LogP contribution in [0, 0.1) is 5.92 Å². The zero-order valence-corrected chi connectivity index (χ0v) is 5.36. The van der Waals surface area contributed by atoms with Crippen LogP contribution < -0.4 is 5.73 Å². The van der Waals surface area contributed by atoms with Gasteiger partial charge in [0.15, 0.2) is 0 Å². The molecule has 0 fully saturated rings. The van der Waals surface area contributed by atoms with Crippen molar-refractivity contribution >= 4 is 11.9 Å². The van der Waals surface area contributed by atoms with Gasteiger partial charge < -0.3 is 5.73 Å². The molecular weight excluding hydrogens is 126 g/mol. The van der Waals surface area contributed by atoms with Crippen LogP contribution in [0.3, 0.4) is 0 Å². The third-order valence-electron chi connectivity index (χ3n) is 1.55. The molecule has 2 rings (SSSR count). The van der Waals surface area contributed by atoms with Gasteiger partial charge in [-0.05, 0) is 12.2 Å². The van der Waals surface area contributed by atoms with Crippen molar-refractivity contribution in [2.75, 3.05) is 0 Å². The molecule has 1 aliphatic carbocycles. The van der Waals surface area contributed by atoms with Crippen molar-refractivity contribution < 1.29 is 0 Å². The lowest BCUT2D eigenvalue weighted by Crippen LogP contribution is -2.13. The van der Waals surface area contributed by atoms with Crippen LogP contribution in [0.25, 0.3) is 0 Å². The first kappa shape index (κ1) is 5.41. The summed E-state index contributed by atoms with van der Waals surface area (Å²) >= 11 is 0. The minimum absolute atomic E-state index is 0.271. The molecule has 0 aromatic carbocycles. The molecule has 1 heterocycles. The standard InChI is InChI=1S/C7H7N3/c8-6-2-1-5-4-9-10-7(5)3-6/h1-5H,8H2/t5-/m0/s1. The van der Waals surface area contributed by atoms with Crippen LogP contribution in [-0.2, 0) is 0 Å². The number of fused-ring (bicyclic) bond motifs is 1. The first-order valence-electron chi connectivity index (χ1n) is 3.13. The van der Waals surface area contributed by atoms with E-state index >= 15 is 0 Å². The number of rotatable bonds is 0. The number of allylic oxidation sites excluding steroid dienone is 3. The maximum absolute atomic E-state index is 5.53. The molecular formula is C7H7N3. The molecule has 0 aromatic rings. The molecule has 0 amide bonds. The summed E-state index contributed by atoms with van der Waals surface area (Å²) in [5.41, 5.74) is 7.22. The van der Waals surface area contributed by atoms with E-state index in [1.807, 2.05) is 18.2 Å². The minimum Gasteiger partial charge on any atom is -0.399 e. The SMILES string of the molecule is NC1=CC2=NN=C[C@@H]2C=C1. The van der Waals surface area contributed by atoms with Crippen molar-refractivity contribution in [3.63, 3.8) is 0 Å². The molecule has 50 valence electrons. The molecule has 0 saturated heterocycles. The Bertz CT molecular complexity index is 271. The van der Waals surface area contributed by atoms with Gasteiger partial charge in [-0.1, -0.05) is 6.08 Å². The van der Waals surface area contributed by atoms with Gasteiger partial charge in [-0.2, -0.15) is 10.2 Å². The maximum Gasteiger partial charge on any atom is 0.0773 e. The fourth-order valence-electron chi connectivity index (χ4n) is 1.02. The molecule has 3 heteroatoms. The van der Waals surface area contributed by atoms with Crippen LogP contribution in [0.4, 0.5) is 0 Å². The van der Waals surface area contributed by atoms with E-state index in [1.54, 1.807) is 6.21 Å². The second-order valence-electron chi connectivity index (χ2n) is 2.32. The molecule has 0 saturated carbocycles. The molecule has 0 spiro atoms. The van der Waals surface area contributed by atoms with Crippen LogP contribution in [0.1, 0.15) is 0 Å². The van der Waals surface area contributed by atoms with Gasteiger partial charge in [0, 0.05) is 11.9 Å². The van der Waals surface area contributed by atoms with E-state index in [-0.39, 0.29) is 5.92 Å². The monoisotopic (exact) mass is 133 g/mol. The Labute approximate surface area is 58.6 Å². The number of hydrogen-bond acceptors (Lipinski definition) is 3. The molecule has 1 aliphatic heterocycles. The molecule has 1 atom stereocenters. The fraction of sp³-hybridized carbons (Fsp3) is 0.143. The molecule has 2 N–H and O–H groups in total. The van der Waals surface area contributed by atoms with Gasteiger partial charge in [-0.15, -0.1) is 0 Å². The Kier molecular flexibility index (Phi) is 0.974. The molecule has 3 nitrogen and oxygen atoms in total. The average Bonchev–Trinajstić information content (AvgIpc) is 2.33. The lowest BCUT2D eigenvalue weighted by atomic mass is 9.99. The van der Waals surface area contributed by atoms with E-state index in [1.165, 1.54) is 0 Å². The summed E-state index contributed by atoms with van der Waals surface area (Å²) in [5, 5.41) is 7.66. The van der Waals surface area contributed by atoms with E-state index in [2.05, 4.69) is 10.2 Å². The highest BCUT2D eigenvalue weighted by molar-refractivity contribution is 6.10. The van der Waals surface area contributed by atoms with Gasteiger partial charge in [0.05, 0.1) is 11.6 Å². The smallest absolute Gasteiger partial charge is 0.0773 e. The summed E-state index contributed by atoms with van der Waals surface area (Å²) in [4.78, 5) is 0. The van der Waals surface area contributed by atoms with Gasteiger partial charge in [0.2, 0.25) is 0 Å². The Balaban J connectivity index is 2.39. The predicted molar refractivity (Wildman–Crippen MR) is 40.8 cm³/mol. The van der Waals surface area contributed by atoms with E-state index in [0.29, 0.717) is 0 Å². The quantitative estimate of drug-likeness (QED) is 0.512. The highest BCUT2D eigenvalue weighted by Gasteiger charge is 2.15. The lowest BCUT2D eigenvalue weighted by Gasteiger charge is -2.06. The first-order chi connectivity index (χ1) is 4.86. The highest BCUT2D eigenvalue weighted by atomic mass is 15.2. The summed E-state index contributed by atoms with van der Waals surface area (Å²) in [6, 6.07) is 0. The zero-order chi connectivity index (χ0) is 6.97. The summed E-state index contributed by atoms with van der Waals surface area (Å²) in [6.45, 7) is 0. The topological polar surface area (TPSA) is 50.7 Å². The first-order valence-corrected chi connectivity index (χ1v) is 3.13. The lowest BCUT2D eigenvalue weighted by molar-refractivity contribution is 1.22. The van der Waals surface area contributed by atoms with Crippen LogP contribution in [0.15, 0.2) is 34.1 Å². The zero-order valence-electron chi connectivity index (χ0n) is 5.36. The molecule has 2 aliphatic rings. The van der Waals surface area contributed by atoms with E-state index in [9.17, 15) is 0 Å². The van der Waals surface area contributed by atoms with Gasteiger partial charge in [-0.3, -0.25) is 0 Å². The maximum atomic E-state index is 5.53. The molecule has 0 bridgehead atoms. The Morgan fingerprint density at radius 1 is 1.50 bits per heavy atom. The Hall–Kier alpha value is -1.38. The van der Waals surface area contributed by atoms with Gasteiger partial charge in [-0.25, -0.2) is 0 Å². The van der Waals surface area contributed by atoms with Crippen LogP contribution in [-0.4, -0.2) is 11.9 Å². The summed E-state index contributed by atoms with van der Waals surface area (Å²) in [6.07, 6.45) is 7.51. The predicted octanol–water partition coefficient (Wildman–Crippen LogP) is 0.455. The number of hydrogen-bond donors (Lipinski definition) is 1. The van der Waals surface area contributed by atoms with Gasteiger partial charge in [0.25, 0.3) is 0 Å². The normalized spacial score (nSPS) is 27.8. The Morgan fingerprint density at radius 3 is 3.30 bits per heavy atom. The second-order valence-corrected chi connectivity index (χ2v) is 2.32. The third-order valence-corrected chi connectivity index (χ3v) is 1.55. The van der Waals surface area contributed by atoms with Crippen molar-refractivity contribution in [3.8, 4) is 0 Å². The van der Waals surface area contributed by atoms with Crippen molar-refractivity contribution in [1.82, 2.24) is 0 Å². The van der Waals surface area contributed by atoms with Crippen LogP contribution in [0.5, 0.6) is 0 Å². The van der Waals surface area contributed by atoms with E-state index < -0.39 is 0 Å². The summed E-state index contributed by atoms with van der Waals surface area (Å²) in [7, 11) is 0. The average molecular weight is 133 g/mol. The van der Waals surface area contributed by atoms with Crippen molar-refractivity contribution in [2.45, 2.75) is 0 Å². The molecule has 0 aromatic heterocycles. The van der Waals surface area contributed by atoms with Crippen LogP contribution >= 0.6 is 0 Å². The number of nitrogens with two attached hydrogens (primary N) is 1. The van der Waals surface area contributed by atoms with Crippen LogP contribution in [0.2, 0.25) is 0 Å². The third kappa shape index (κ3) is 0.673. The largest absolute Gasteiger partial charge is 0.399 e. The highest BCUT2D eigenvalue weighted by Crippen LogP contribution is 2.13. The Morgan fingerprint density at radius 2 is 2.40 bits per heavy atom. The fourth-order valence-corrected chi connectivity index (χ4v) is 1.02. The van der Waals surface area contributed by atoms with Crippen molar-refractivity contribution in [3.05, 3.63) is 23.9 Å². The van der Waals surface area contributed by atoms with Crippen molar-refractivity contribution in [1.29, 1.82) is 0 Å². The van der Waals surface area contributed by atoms with E-state index in [4.69, 9.17) is 5.73 Å². The number of nitrogens with zero attached hydrogens (tertiary/aromatic N) is 2. The molecule has 0 radical (unpaired) electrons. The minimum atomic E-state index is 0.271. The molecule has 0 unspecified atom stereocenters. The second kappa shape index (κ2) is 1.80. The molecule has 10 heavy (non-hydrogen) atoms. The van der Waals surface area contributed by atoms with Gasteiger partial charge >= 0.3 is 0 Å².